The van der Waals surface area contributed by atoms with Crippen LogP contribution in [0.25, 0.3) is 10.9 Å². The van der Waals surface area contributed by atoms with Crippen molar-refractivity contribution in [1.82, 2.24) is 9.47 Å². The molecule has 0 radical (unpaired) electrons. The zero-order valence-electron chi connectivity index (χ0n) is 9.80. The number of aromatic nitrogens is 1. The minimum atomic E-state index is 0.747. The van der Waals surface area contributed by atoms with E-state index in [4.69, 9.17) is 0 Å². The van der Waals surface area contributed by atoms with Crippen molar-refractivity contribution < 1.29 is 4.79 Å². The molecular formula is C14H16N2O. The van der Waals surface area contributed by atoms with E-state index in [0.717, 1.165) is 23.9 Å². The highest BCUT2D eigenvalue weighted by Gasteiger charge is 2.12. The topological polar surface area (TPSA) is 25.2 Å². The van der Waals surface area contributed by atoms with Crippen LogP contribution in [0.5, 0.6) is 0 Å². The summed E-state index contributed by atoms with van der Waals surface area (Å²) in [7, 11) is 0. The van der Waals surface area contributed by atoms with Crippen molar-refractivity contribution in [3.8, 4) is 0 Å². The molecule has 1 aliphatic rings. The van der Waals surface area contributed by atoms with Crippen LogP contribution < -0.4 is 0 Å². The molecule has 0 bridgehead atoms. The molecule has 0 atom stereocenters. The first kappa shape index (κ1) is 10.5. The Morgan fingerprint density at radius 1 is 1.18 bits per heavy atom. The van der Waals surface area contributed by atoms with Gasteiger partial charge in [0.15, 0.2) is 0 Å². The minimum absolute atomic E-state index is 0.747. The molecule has 3 rings (SSSR count). The minimum Gasteiger partial charge on any atom is -0.334 e. The lowest BCUT2D eigenvalue weighted by atomic mass is 10.2. The van der Waals surface area contributed by atoms with Crippen LogP contribution in [0.4, 0.5) is 0 Å². The molecule has 17 heavy (non-hydrogen) atoms. The molecule has 0 unspecified atom stereocenters. The third-order valence-corrected chi connectivity index (χ3v) is 3.48. The van der Waals surface area contributed by atoms with Gasteiger partial charge in [-0.25, -0.2) is 0 Å². The van der Waals surface area contributed by atoms with Crippen molar-refractivity contribution in [1.29, 1.82) is 0 Å². The first-order valence-electron chi connectivity index (χ1n) is 6.13. The van der Waals surface area contributed by atoms with Crippen LogP contribution in [0.15, 0.2) is 30.5 Å². The monoisotopic (exact) mass is 228 g/mol. The van der Waals surface area contributed by atoms with Gasteiger partial charge in [-0.15, -0.1) is 0 Å². The van der Waals surface area contributed by atoms with Crippen LogP contribution in [-0.4, -0.2) is 28.8 Å². The van der Waals surface area contributed by atoms with Gasteiger partial charge in [0.1, 0.15) is 6.29 Å². The first-order chi connectivity index (χ1) is 8.36. The molecule has 1 aliphatic heterocycles. The van der Waals surface area contributed by atoms with Gasteiger partial charge in [0, 0.05) is 22.7 Å². The Bertz CT molecular complexity index is 538. The Morgan fingerprint density at radius 2 is 2.00 bits per heavy atom. The van der Waals surface area contributed by atoms with Crippen LogP contribution in [0.2, 0.25) is 0 Å². The number of nitrogens with zero attached hydrogens (tertiary/aromatic N) is 2. The average Bonchev–Trinajstić information content (AvgIpc) is 2.99. The molecule has 0 amide bonds. The van der Waals surface area contributed by atoms with Crippen molar-refractivity contribution in [3.63, 3.8) is 0 Å². The molecular weight excluding hydrogens is 212 g/mol. The number of benzene rings is 1. The maximum Gasteiger partial charge on any atom is 0.150 e. The van der Waals surface area contributed by atoms with Crippen LogP contribution >= 0.6 is 0 Å². The normalized spacial score (nSPS) is 16.7. The fraction of sp³-hybridized carbons (Fsp3) is 0.357. The SMILES string of the molecule is O=Cc1ccc2c(ccn2CN2CCCC2)c1. The van der Waals surface area contributed by atoms with E-state index in [9.17, 15) is 4.79 Å². The van der Waals surface area contributed by atoms with Gasteiger partial charge in [0.25, 0.3) is 0 Å². The fourth-order valence-electron chi connectivity index (χ4n) is 2.55. The molecule has 0 N–H and O–H groups in total. The van der Waals surface area contributed by atoms with Crippen LogP contribution in [0.3, 0.4) is 0 Å². The summed E-state index contributed by atoms with van der Waals surface area (Å²) >= 11 is 0. The molecule has 2 heterocycles. The summed E-state index contributed by atoms with van der Waals surface area (Å²) in [6.45, 7) is 3.36. The third kappa shape index (κ3) is 1.98. The Kier molecular flexibility index (Phi) is 2.69. The molecule has 3 heteroatoms. The van der Waals surface area contributed by atoms with Gasteiger partial charge in [0.2, 0.25) is 0 Å². The van der Waals surface area contributed by atoms with Gasteiger partial charge in [-0.1, -0.05) is 0 Å². The number of carbonyl (C=O) groups excluding carboxylic acids is 1. The first-order valence-corrected chi connectivity index (χ1v) is 6.13. The van der Waals surface area contributed by atoms with Crippen molar-refractivity contribution in [2.24, 2.45) is 0 Å². The van der Waals surface area contributed by atoms with Crippen molar-refractivity contribution in [3.05, 3.63) is 36.0 Å². The summed E-state index contributed by atoms with van der Waals surface area (Å²) in [5.74, 6) is 0. The lowest BCUT2D eigenvalue weighted by Crippen LogP contribution is -2.22. The van der Waals surface area contributed by atoms with Crippen molar-refractivity contribution in [2.45, 2.75) is 19.5 Å². The molecule has 1 aromatic carbocycles. The largest absolute Gasteiger partial charge is 0.334 e. The molecule has 1 fully saturated rings. The lowest BCUT2D eigenvalue weighted by molar-refractivity contribution is 0.112. The summed E-state index contributed by atoms with van der Waals surface area (Å²) in [5, 5.41) is 1.15. The van der Waals surface area contributed by atoms with E-state index < -0.39 is 0 Å². The molecule has 1 saturated heterocycles. The van der Waals surface area contributed by atoms with E-state index in [0.29, 0.717) is 0 Å². The molecule has 0 aliphatic carbocycles. The zero-order valence-corrected chi connectivity index (χ0v) is 9.80. The fourth-order valence-corrected chi connectivity index (χ4v) is 2.55. The van der Waals surface area contributed by atoms with E-state index in [1.807, 2.05) is 18.2 Å². The van der Waals surface area contributed by atoms with Crippen LogP contribution in [-0.2, 0) is 6.67 Å². The predicted molar refractivity (Wildman–Crippen MR) is 68.1 cm³/mol. The third-order valence-electron chi connectivity index (χ3n) is 3.48. The highest BCUT2D eigenvalue weighted by molar-refractivity contribution is 5.87. The van der Waals surface area contributed by atoms with Gasteiger partial charge in [-0.3, -0.25) is 9.69 Å². The van der Waals surface area contributed by atoms with Gasteiger partial charge >= 0.3 is 0 Å². The second-order valence-electron chi connectivity index (χ2n) is 4.69. The second-order valence-corrected chi connectivity index (χ2v) is 4.69. The molecule has 2 aromatic rings. The number of carbonyl (C=O) groups is 1. The van der Waals surface area contributed by atoms with Crippen molar-refractivity contribution >= 4 is 17.2 Å². The van der Waals surface area contributed by atoms with E-state index in [1.165, 1.54) is 31.4 Å². The maximum atomic E-state index is 10.7. The van der Waals surface area contributed by atoms with Gasteiger partial charge in [-0.2, -0.15) is 0 Å². The maximum absolute atomic E-state index is 10.7. The number of hydrogen-bond donors (Lipinski definition) is 0. The molecule has 0 saturated carbocycles. The van der Waals surface area contributed by atoms with Crippen LogP contribution in [0, 0.1) is 0 Å². The molecule has 0 spiro atoms. The molecule has 88 valence electrons. The summed E-state index contributed by atoms with van der Waals surface area (Å²) in [4.78, 5) is 13.2. The summed E-state index contributed by atoms with van der Waals surface area (Å²) < 4.78 is 2.26. The zero-order chi connectivity index (χ0) is 11.7. The Balaban J connectivity index is 1.91. The number of likely N-dealkylation sites (tertiary alicyclic amines) is 1. The summed E-state index contributed by atoms with van der Waals surface area (Å²) in [5.41, 5.74) is 1.96. The standard InChI is InChI=1S/C14H16N2O/c17-10-12-3-4-14-13(9-12)5-8-16(14)11-15-6-1-2-7-15/h3-5,8-10H,1-2,6-7,11H2. The van der Waals surface area contributed by atoms with Gasteiger partial charge < -0.3 is 4.57 Å². The van der Waals surface area contributed by atoms with E-state index in [2.05, 4.69) is 21.7 Å². The Labute approximate surface area is 101 Å². The average molecular weight is 228 g/mol. The quantitative estimate of drug-likeness (QED) is 0.754. The van der Waals surface area contributed by atoms with E-state index >= 15 is 0 Å². The number of fused-ring (bicyclic) bond motifs is 1. The summed E-state index contributed by atoms with van der Waals surface area (Å²) in [6, 6.07) is 7.95. The Morgan fingerprint density at radius 3 is 2.76 bits per heavy atom. The number of rotatable bonds is 3. The van der Waals surface area contributed by atoms with Gasteiger partial charge in [-0.05, 0) is 50.2 Å². The van der Waals surface area contributed by atoms with E-state index in [-0.39, 0.29) is 0 Å². The highest BCUT2D eigenvalue weighted by Crippen LogP contribution is 2.18. The summed E-state index contributed by atoms with van der Waals surface area (Å²) in [6.07, 6.45) is 5.64. The number of aldehydes is 1. The molecule has 1 aromatic heterocycles. The van der Waals surface area contributed by atoms with Crippen molar-refractivity contribution in [2.75, 3.05) is 13.1 Å². The Hall–Kier alpha value is -1.61. The highest BCUT2D eigenvalue weighted by atomic mass is 16.1. The van der Waals surface area contributed by atoms with E-state index in [1.54, 1.807) is 0 Å². The number of hydrogen-bond acceptors (Lipinski definition) is 2. The second kappa shape index (κ2) is 4.34. The smallest absolute Gasteiger partial charge is 0.150 e. The van der Waals surface area contributed by atoms with Crippen LogP contribution in [0.1, 0.15) is 23.2 Å². The predicted octanol–water partition coefficient (Wildman–Crippen LogP) is 2.51. The van der Waals surface area contributed by atoms with Gasteiger partial charge in [0.05, 0.1) is 6.67 Å². The lowest BCUT2D eigenvalue weighted by Gasteiger charge is -2.16. The molecule has 3 nitrogen and oxygen atoms in total.